The van der Waals surface area contributed by atoms with Gasteiger partial charge in [0, 0.05) is 29.3 Å². The number of nitrogens with one attached hydrogen (secondary N) is 2. The number of likely N-dealkylation sites (tertiary alicyclic amines) is 1. The largest absolute Gasteiger partial charge is 0.341 e. The van der Waals surface area contributed by atoms with E-state index >= 15 is 0 Å². The van der Waals surface area contributed by atoms with Crippen LogP contribution in [0.25, 0.3) is 0 Å². The minimum atomic E-state index is -0.588. The molecule has 0 bridgehead atoms. The first kappa shape index (κ1) is 23.3. The third kappa shape index (κ3) is 5.46. The number of aryl methyl sites for hydroxylation is 1. The van der Waals surface area contributed by atoms with Crippen molar-refractivity contribution in [1.29, 1.82) is 5.41 Å². The topological polar surface area (TPSA) is 111 Å². The Labute approximate surface area is 189 Å². The average molecular weight is 435 g/mol. The van der Waals surface area contributed by atoms with Crippen LogP contribution >= 0.6 is 0 Å². The first-order chi connectivity index (χ1) is 15.3. The van der Waals surface area contributed by atoms with Gasteiger partial charge < -0.3 is 10.2 Å². The predicted molar refractivity (Wildman–Crippen MR) is 123 cm³/mol. The Balaban J connectivity index is 1.62. The molecule has 1 aliphatic rings. The number of nitrogens with zero attached hydrogens (tertiary/aromatic N) is 2. The molecule has 0 aromatic heterocycles. The molecule has 32 heavy (non-hydrogen) atoms. The van der Waals surface area contributed by atoms with Crippen molar-refractivity contribution < 1.29 is 15.1 Å². The summed E-state index contributed by atoms with van der Waals surface area (Å²) < 4.78 is 0. The number of rotatable bonds is 6. The predicted octanol–water partition coefficient (Wildman–Crippen LogP) is 2.69. The number of hydrogen-bond donors (Lipinski definition) is 3. The smallest absolute Gasteiger partial charge is 0.251 e. The molecule has 7 heteroatoms. The summed E-state index contributed by atoms with van der Waals surface area (Å²) in [4.78, 5) is 27.9. The highest BCUT2D eigenvalue weighted by Crippen LogP contribution is 2.28. The van der Waals surface area contributed by atoms with E-state index in [2.05, 4.69) is 41.6 Å². The summed E-state index contributed by atoms with van der Waals surface area (Å²) in [6.45, 7) is 7.34. The maximum atomic E-state index is 13.2. The van der Waals surface area contributed by atoms with Crippen molar-refractivity contribution in [2.24, 2.45) is 11.0 Å². The zero-order valence-corrected chi connectivity index (χ0v) is 19.0. The summed E-state index contributed by atoms with van der Waals surface area (Å²) in [7, 11) is 0. The van der Waals surface area contributed by atoms with Crippen molar-refractivity contribution in [3.63, 3.8) is 0 Å². The van der Waals surface area contributed by atoms with Crippen LogP contribution in [0, 0.1) is 18.3 Å². The van der Waals surface area contributed by atoms with Gasteiger partial charge >= 0.3 is 0 Å². The van der Waals surface area contributed by atoms with E-state index in [1.54, 1.807) is 24.3 Å². The van der Waals surface area contributed by atoms with Crippen molar-refractivity contribution in [3.8, 4) is 0 Å². The van der Waals surface area contributed by atoms with Gasteiger partial charge in [-0.2, -0.15) is 5.53 Å². The maximum Gasteiger partial charge on any atom is 0.251 e. The summed E-state index contributed by atoms with van der Waals surface area (Å²) in [5, 5.41) is 13.9. The Morgan fingerprint density at radius 1 is 1.03 bits per heavy atom. The van der Waals surface area contributed by atoms with Crippen LogP contribution in [0.1, 0.15) is 59.7 Å². The van der Waals surface area contributed by atoms with Gasteiger partial charge in [-0.25, -0.2) is 0 Å². The van der Waals surface area contributed by atoms with E-state index in [1.807, 2.05) is 18.7 Å². The van der Waals surface area contributed by atoms with Gasteiger partial charge in [0.2, 0.25) is 11.7 Å². The van der Waals surface area contributed by atoms with Crippen LogP contribution < -0.4 is 10.8 Å². The SMILES string of the molecule is Cc1ccc(C2CCN(C(=O)[C@H](NC(=O)c3ccc(C(=N)N=[NH2+])cc3)C(C)C)CC2)cc1. The molecule has 2 amide bonds. The quantitative estimate of drug-likeness (QED) is 0.369. The lowest BCUT2D eigenvalue weighted by Gasteiger charge is -2.35. The van der Waals surface area contributed by atoms with Crippen molar-refractivity contribution in [2.75, 3.05) is 13.1 Å². The second-order valence-corrected chi connectivity index (χ2v) is 8.76. The van der Waals surface area contributed by atoms with Crippen LogP contribution in [0.2, 0.25) is 0 Å². The van der Waals surface area contributed by atoms with Gasteiger partial charge in [-0.15, -0.1) is 0 Å². The number of amidine groups is 1. The van der Waals surface area contributed by atoms with Crippen LogP contribution in [0.15, 0.2) is 53.6 Å². The summed E-state index contributed by atoms with van der Waals surface area (Å²) in [6.07, 6.45) is 1.85. The standard InChI is InChI=1S/C25H31N5O2/c1-16(2)22(28-24(31)21-10-8-20(9-11-21)23(26)29-27)25(32)30-14-12-19(13-15-30)18-6-4-17(3)5-7-18/h4-11,16,19,22,26-27H,12-15H2,1-3H3,(H,28,31)/p+1/t22-/m1/s1. The lowest BCUT2D eigenvalue weighted by Crippen LogP contribution is -2.52. The fourth-order valence-electron chi connectivity index (χ4n) is 4.06. The van der Waals surface area contributed by atoms with Gasteiger partial charge in [0.05, 0.1) is 0 Å². The van der Waals surface area contributed by atoms with Gasteiger partial charge in [0.1, 0.15) is 6.04 Å². The van der Waals surface area contributed by atoms with Crippen molar-refractivity contribution >= 4 is 17.6 Å². The summed E-state index contributed by atoms with van der Waals surface area (Å²) in [5.41, 5.74) is 8.66. The monoisotopic (exact) mass is 434 g/mol. The normalized spacial score (nSPS) is 15.3. The van der Waals surface area contributed by atoms with Crippen LogP contribution in [0.4, 0.5) is 0 Å². The number of amides is 2. The van der Waals surface area contributed by atoms with Gasteiger partial charge in [-0.3, -0.25) is 15.0 Å². The Bertz CT molecular complexity index is 974. The summed E-state index contributed by atoms with van der Waals surface area (Å²) in [5.74, 6) is 0.0284. The molecule has 2 aromatic carbocycles. The summed E-state index contributed by atoms with van der Waals surface area (Å²) in [6, 6.07) is 14.5. The lowest BCUT2D eigenvalue weighted by atomic mass is 9.88. The second kappa shape index (κ2) is 10.3. The fraction of sp³-hybridized carbons (Fsp3) is 0.400. The fourth-order valence-corrected chi connectivity index (χ4v) is 4.06. The van der Waals surface area contributed by atoms with Crippen LogP contribution in [-0.2, 0) is 4.79 Å². The minimum Gasteiger partial charge on any atom is -0.341 e. The lowest BCUT2D eigenvalue weighted by molar-refractivity contribution is -0.207. The first-order valence-corrected chi connectivity index (χ1v) is 11.1. The Morgan fingerprint density at radius 2 is 1.59 bits per heavy atom. The van der Waals surface area contributed by atoms with E-state index in [0.717, 1.165) is 12.8 Å². The van der Waals surface area contributed by atoms with E-state index < -0.39 is 6.04 Å². The number of carbonyl (C=O) groups excluding carboxylic acids is 2. The Hall–Kier alpha value is -3.35. The molecule has 2 aromatic rings. The molecule has 1 aliphatic heterocycles. The Kier molecular flexibility index (Phi) is 7.51. The highest BCUT2D eigenvalue weighted by Gasteiger charge is 2.31. The highest BCUT2D eigenvalue weighted by molar-refractivity contribution is 6.00. The molecule has 3 rings (SSSR count). The number of hydrogen-bond acceptors (Lipinski definition) is 3. The highest BCUT2D eigenvalue weighted by atomic mass is 16.2. The molecule has 1 atom stereocenters. The molecule has 4 N–H and O–H groups in total. The van der Waals surface area contributed by atoms with E-state index in [9.17, 15) is 9.59 Å². The van der Waals surface area contributed by atoms with Crippen molar-refractivity contribution in [3.05, 3.63) is 70.8 Å². The summed E-state index contributed by atoms with van der Waals surface area (Å²) >= 11 is 0. The second-order valence-electron chi connectivity index (χ2n) is 8.76. The zero-order chi connectivity index (χ0) is 23.3. The molecular weight excluding hydrogens is 402 g/mol. The number of benzene rings is 2. The molecule has 1 saturated heterocycles. The molecule has 0 spiro atoms. The van der Waals surface area contributed by atoms with Crippen LogP contribution in [0.5, 0.6) is 0 Å². The molecule has 1 heterocycles. The van der Waals surface area contributed by atoms with Gasteiger partial charge in [0.15, 0.2) is 0 Å². The number of piperidine rings is 1. The van der Waals surface area contributed by atoms with Crippen LogP contribution in [0.3, 0.4) is 0 Å². The minimum absolute atomic E-state index is 0.0314. The molecular formula is C25H32N5O2+. The van der Waals surface area contributed by atoms with Crippen LogP contribution in [-0.4, -0.2) is 41.7 Å². The number of nitrogens with two attached hydrogens (primary N) is 1. The van der Waals surface area contributed by atoms with Gasteiger partial charge in [0.25, 0.3) is 5.91 Å². The van der Waals surface area contributed by atoms with Crippen molar-refractivity contribution in [1.82, 2.24) is 10.2 Å². The first-order valence-electron chi connectivity index (χ1n) is 11.1. The van der Waals surface area contributed by atoms with E-state index in [4.69, 9.17) is 10.9 Å². The molecule has 168 valence electrons. The van der Waals surface area contributed by atoms with Gasteiger partial charge in [-0.1, -0.05) is 55.8 Å². The number of carbonyl (C=O) groups is 2. The molecule has 0 saturated carbocycles. The molecule has 0 aliphatic carbocycles. The third-order valence-electron chi connectivity index (χ3n) is 6.12. The van der Waals surface area contributed by atoms with Gasteiger partial charge in [-0.05, 0) is 49.3 Å². The van der Waals surface area contributed by atoms with E-state index in [-0.39, 0.29) is 23.6 Å². The maximum absolute atomic E-state index is 13.2. The average Bonchev–Trinajstić information content (AvgIpc) is 2.82. The van der Waals surface area contributed by atoms with Crippen molar-refractivity contribution in [2.45, 2.75) is 45.6 Å². The molecule has 7 nitrogen and oxygen atoms in total. The third-order valence-corrected chi connectivity index (χ3v) is 6.12. The van der Waals surface area contributed by atoms with E-state index in [1.165, 1.54) is 11.1 Å². The van der Waals surface area contributed by atoms with E-state index in [0.29, 0.717) is 30.1 Å². The molecule has 0 unspecified atom stereocenters. The molecule has 0 radical (unpaired) electrons. The zero-order valence-electron chi connectivity index (χ0n) is 19.0. The Morgan fingerprint density at radius 3 is 2.12 bits per heavy atom. The molecule has 1 fully saturated rings.